The molecule has 0 atom stereocenters. The van der Waals surface area contributed by atoms with E-state index in [4.69, 9.17) is 27.9 Å². The number of thiazole rings is 1. The summed E-state index contributed by atoms with van der Waals surface area (Å²) in [6.07, 6.45) is 0. The Morgan fingerprint density at radius 1 is 0.909 bits per heavy atom. The summed E-state index contributed by atoms with van der Waals surface area (Å²) in [5.41, 5.74) is 1.88. The van der Waals surface area contributed by atoms with Gasteiger partial charge in [0.05, 0.1) is 5.02 Å². The lowest BCUT2D eigenvalue weighted by molar-refractivity contribution is -0.118. The van der Waals surface area contributed by atoms with Crippen LogP contribution in [0, 0.1) is 0 Å². The van der Waals surface area contributed by atoms with E-state index in [0.29, 0.717) is 37.2 Å². The standard InChI is InChI=1S/C24H17Cl2N3O3S/c25-17-11-12-19(18(26)13-17)32-14-20(30)27-24-28-21(15-7-3-1-4-8-15)23(33-24)29-22(31)16-9-5-2-6-10-16/h1-13H,14H2,(H,29,31)(H,27,28,30). The Labute approximate surface area is 204 Å². The van der Waals surface area contributed by atoms with Crippen LogP contribution in [0.3, 0.4) is 0 Å². The van der Waals surface area contributed by atoms with E-state index >= 15 is 0 Å². The molecule has 6 nitrogen and oxygen atoms in total. The van der Waals surface area contributed by atoms with Gasteiger partial charge in [-0.2, -0.15) is 0 Å². The lowest BCUT2D eigenvalue weighted by Gasteiger charge is -2.07. The largest absolute Gasteiger partial charge is 0.482 e. The molecule has 2 N–H and O–H groups in total. The first-order valence-corrected chi connectivity index (χ1v) is 11.4. The van der Waals surface area contributed by atoms with Gasteiger partial charge in [0.25, 0.3) is 11.8 Å². The maximum absolute atomic E-state index is 12.7. The molecule has 0 bridgehead atoms. The van der Waals surface area contributed by atoms with Crippen LogP contribution in [-0.4, -0.2) is 23.4 Å². The quantitative estimate of drug-likeness (QED) is 0.310. The molecule has 9 heteroatoms. The summed E-state index contributed by atoms with van der Waals surface area (Å²) in [5, 5.41) is 7.23. The number of amides is 2. The molecule has 0 aliphatic rings. The zero-order valence-corrected chi connectivity index (χ0v) is 19.4. The highest BCUT2D eigenvalue weighted by molar-refractivity contribution is 7.20. The maximum Gasteiger partial charge on any atom is 0.264 e. The van der Waals surface area contributed by atoms with Crippen molar-refractivity contribution in [1.82, 2.24) is 4.98 Å². The molecule has 0 spiro atoms. The van der Waals surface area contributed by atoms with Gasteiger partial charge in [-0.05, 0) is 30.3 Å². The monoisotopic (exact) mass is 497 g/mol. The highest BCUT2D eigenvalue weighted by Crippen LogP contribution is 2.36. The Balaban J connectivity index is 1.51. The molecule has 4 aromatic rings. The topological polar surface area (TPSA) is 80.3 Å². The number of carbonyl (C=O) groups excluding carboxylic acids is 2. The molecule has 0 fully saturated rings. The zero-order chi connectivity index (χ0) is 23.2. The molecular formula is C24H17Cl2N3O3S. The molecule has 0 aliphatic carbocycles. The van der Waals surface area contributed by atoms with Crippen molar-refractivity contribution in [2.75, 3.05) is 17.2 Å². The number of hydrogen-bond acceptors (Lipinski definition) is 5. The summed E-state index contributed by atoms with van der Waals surface area (Å²) in [6, 6.07) is 23.0. The lowest BCUT2D eigenvalue weighted by Crippen LogP contribution is -2.20. The van der Waals surface area contributed by atoms with Crippen LogP contribution in [-0.2, 0) is 4.79 Å². The van der Waals surface area contributed by atoms with E-state index in [1.807, 2.05) is 36.4 Å². The van der Waals surface area contributed by atoms with Gasteiger partial charge in [-0.3, -0.25) is 14.9 Å². The molecule has 2 amide bonds. The molecule has 1 aromatic heterocycles. The van der Waals surface area contributed by atoms with Crippen molar-refractivity contribution in [3.63, 3.8) is 0 Å². The molecule has 33 heavy (non-hydrogen) atoms. The van der Waals surface area contributed by atoms with E-state index in [-0.39, 0.29) is 12.5 Å². The van der Waals surface area contributed by atoms with Crippen molar-refractivity contribution in [2.24, 2.45) is 0 Å². The molecule has 0 saturated heterocycles. The predicted molar refractivity (Wildman–Crippen MR) is 133 cm³/mol. The molecule has 1 heterocycles. The fourth-order valence-electron chi connectivity index (χ4n) is 2.91. The van der Waals surface area contributed by atoms with Crippen molar-refractivity contribution in [2.45, 2.75) is 0 Å². The minimum Gasteiger partial charge on any atom is -0.482 e. The second-order valence-corrected chi connectivity index (χ2v) is 8.64. The molecule has 0 saturated carbocycles. The Bertz CT molecular complexity index is 1280. The second kappa shape index (κ2) is 10.5. The van der Waals surface area contributed by atoms with Crippen LogP contribution in [0.5, 0.6) is 5.75 Å². The summed E-state index contributed by atoms with van der Waals surface area (Å²) in [5.74, 6) is -0.346. The third-order valence-electron chi connectivity index (χ3n) is 4.44. The Kier molecular flexibility index (Phi) is 7.24. The van der Waals surface area contributed by atoms with Gasteiger partial charge in [-0.1, -0.05) is 83.1 Å². The number of nitrogens with one attached hydrogen (secondary N) is 2. The maximum atomic E-state index is 12.7. The molecular weight excluding hydrogens is 481 g/mol. The number of aromatic nitrogens is 1. The van der Waals surface area contributed by atoms with Gasteiger partial charge >= 0.3 is 0 Å². The summed E-state index contributed by atoms with van der Waals surface area (Å²) in [6.45, 7) is -0.271. The molecule has 3 aromatic carbocycles. The van der Waals surface area contributed by atoms with Crippen LogP contribution in [0.4, 0.5) is 10.1 Å². The Hall–Kier alpha value is -3.39. The van der Waals surface area contributed by atoms with Crippen molar-refractivity contribution in [3.05, 3.63) is 94.5 Å². The van der Waals surface area contributed by atoms with E-state index in [2.05, 4.69) is 15.6 Å². The van der Waals surface area contributed by atoms with E-state index in [0.717, 1.165) is 16.9 Å². The first-order valence-electron chi connectivity index (χ1n) is 9.80. The number of halogens is 2. The third kappa shape index (κ3) is 5.90. The summed E-state index contributed by atoms with van der Waals surface area (Å²) >= 11 is 13.1. The number of hydrogen-bond donors (Lipinski definition) is 2. The average Bonchev–Trinajstić information content (AvgIpc) is 3.21. The van der Waals surface area contributed by atoms with E-state index in [1.165, 1.54) is 6.07 Å². The zero-order valence-electron chi connectivity index (χ0n) is 17.0. The van der Waals surface area contributed by atoms with Gasteiger partial charge in [0.1, 0.15) is 16.4 Å². The molecule has 166 valence electrons. The van der Waals surface area contributed by atoms with Crippen LogP contribution in [0.25, 0.3) is 11.3 Å². The van der Waals surface area contributed by atoms with Gasteiger partial charge in [0.2, 0.25) is 0 Å². The van der Waals surface area contributed by atoms with Crippen molar-refractivity contribution < 1.29 is 14.3 Å². The normalized spacial score (nSPS) is 10.5. The molecule has 4 rings (SSSR count). The fourth-order valence-corrected chi connectivity index (χ4v) is 4.27. The van der Waals surface area contributed by atoms with Crippen LogP contribution in [0.2, 0.25) is 10.0 Å². The van der Waals surface area contributed by atoms with Gasteiger partial charge in [-0.25, -0.2) is 4.98 Å². The summed E-state index contributed by atoms with van der Waals surface area (Å²) in [7, 11) is 0. The van der Waals surface area contributed by atoms with Crippen molar-refractivity contribution in [3.8, 4) is 17.0 Å². The highest BCUT2D eigenvalue weighted by Gasteiger charge is 2.18. The summed E-state index contributed by atoms with van der Waals surface area (Å²) in [4.78, 5) is 29.6. The van der Waals surface area contributed by atoms with Crippen LogP contribution in [0.15, 0.2) is 78.9 Å². The number of rotatable bonds is 7. The van der Waals surface area contributed by atoms with Gasteiger partial charge < -0.3 is 10.1 Å². The van der Waals surface area contributed by atoms with Crippen LogP contribution in [0.1, 0.15) is 10.4 Å². The fraction of sp³-hybridized carbons (Fsp3) is 0.0417. The predicted octanol–water partition coefficient (Wildman–Crippen LogP) is 6.39. The molecule has 0 radical (unpaired) electrons. The van der Waals surface area contributed by atoms with E-state index < -0.39 is 5.91 Å². The molecule has 0 aliphatic heterocycles. The summed E-state index contributed by atoms with van der Waals surface area (Å²) < 4.78 is 5.47. The van der Waals surface area contributed by atoms with Crippen LogP contribution < -0.4 is 15.4 Å². The first kappa shape index (κ1) is 22.8. The number of ether oxygens (including phenoxy) is 1. The van der Waals surface area contributed by atoms with Gasteiger partial charge in [0, 0.05) is 16.1 Å². The Morgan fingerprint density at radius 2 is 1.61 bits per heavy atom. The number of anilines is 2. The van der Waals surface area contributed by atoms with Crippen molar-refractivity contribution in [1.29, 1.82) is 0 Å². The highest BCUT2D eigenvalue weighted by atomic mass is 35.5. The number of carbonyl (C=O) groups is 2. The number of benzene rings is 3. The minimum atomic E-state index is -0.421. The van der Waals surface area contributed by atoms with Gasteiger partial charge in [-0.15, -0.1) is 0 Å². The van der Waals surface area contributed by atoms with E-state index in [9.17, 15) is 9.59 Å². The smallest absolute Gasteiger partial charge is 0.264 e. The Morgan fingerprint density at radius 3 is 2.30 bits per heavy atom. The SMILES string of the molecule is O=C(COc1ccc(Cl)cc1Cl)Nc1nc(-c2ccccc2)c(NC(=O)c2ccccc2)s1. The average molecular weight is 498 g/mol. The first-order chi connectivity index (χ1) is 16.0. The van der Waals surface area contributed by atoms with E-state index in [1.54, 1.807) is 36.4 Å². The second-order valence-electron chi connectivity index (χ2n) is 6.79. The van der Waals surface area contributed by atoms with Crippen molar-refractivity contribution >= 4 is 56.5 Å². The van der Waals surface area contributed by atoms with Crippen LogP contribution >= 0.6 is 34.5 Å². The minimum absolute atomic E-state index is 0.268. The van der Waals surface area contributed by atoms with Gasteiger partial charge in [0.15, 0.2) is 11.7 Å². The third-order valence-corrected chi connectivity index (χ3v) is 5.85. The lowest BCUT2D eigenvalue weighted by atomic mass is 10.1. The number of nitrogens with zero attached hydrogens (tertiary/aromatic N) is 1. The molecule has 0 unspecified atom stereocenters.